The number of anilines is 3. The van der Waals surface area contributed by atoms with E-state index in [1.165, 1.54) is 19.1 Å². The van der Waals surface area contributed by atoms with Crippen LogP contribution in [0, 0.1) is 34.2 Å². The maximum Gasteiger partial charge on any atom is 0.332 e. The molecule has 21 heavy (non-hydrogen) atoms. The molecule has 0 radical (unpaired) electrons. The Labute approximate surface area is 118 Å². The number of hydrogen-bond acceptors (Lipinski definition) is 7. The van der Waals surface area contributed by atoms with Gasteiger partial charge in [0.2, 0.25) is 11.8 Å². The second-order valence-electron chi connectivity index (χ2n) is 4.02. The summed E-state index contributed by atoms with van der Waals surface area (Å²) in [6.07, 6.45) is 0. The van der Waals surface area contributed by atoms with Crippen molar-refractivity contribution in [3.05, 3.63) is 45.4 Å². The molecule has 0 aliphatic carbocycles. The molecule has 0 spiro atoms. The predicted molar refractivity (Wildman–Crippen MR) is 72.2 cm³/mol. The molecule has 0 amide bonds. The number of hydrogen-bond donors (Lipinski definition) is 2. The number of halogens is 1. The minimum atomic E-state index is -0.746. The van der Waals surface area contributed by atoms with Gasteiger partial charge in [-0.3, -0.25) is 10.1 Å². The highest BCUT2D eigenvalue weighted by molar-refractivity contribution is 5.71. The summed E-state index contributed by atoms with van der Waals surface area (Å²) in [6, 6.07) is 5.55. The van der Waals surface area contributed by atoms with Crippen molar-refractivity contribution in [3.63, 3.8) is 0 Å². The van der Waals surface area contributed by atoms with Gasteiger partial charge >= 0.3 is 5.69 Å². The van der Waals surface area contributed by atoms with Crippen molar-refractivity contribution < 1.29 is 9.31 Å². The number of nitrogen functional groups attached to an aromatic ring is 1. The van der Waals surface area contributed by atoms with Crippen molar-refractivity contribution >= 4 is 23.1 Å². The van der Waals surface area contributed by atoms with Gasteiger partial charge in [0.15, 0.2) is 0 Å². The van der Waals surface area contributed by atoms with Crippen LogP contribution < -0.4 is 11.1 Å². The van der Waals surface area contributed by atoms with E-state index >= 15 is 0 Å². The zero-order valence-corrected chi connectivity index (χ0v) is 10.8. The van der Waals surface area contributed by atoms with E-state index in [0.717, 1.165) is 6.07 Å². The third-order valence-corrected chi connectivity index (χ3v) is 2.64. The molecule has 0 aliphatic heterocycles. The monoisotopic (exact) mass is 288 g/mol. The van der Waals surface area contributed by atoms with Crippen molar-refractivity contribution in [2.45, 2.75) is 6.92 Å². The zero-order valence-electron chi connectivity index (χ0n) is 10.8. The predicted octanol–water partition coefficient (Wildman–Crippen LogP) is 2.03. The van der Waals surface area contributed by atoms with Crippen LogP contribution >= 0.6 is 0 Å². The molecule has 1 aromatic carbocycles. The number of nitrogens with zero attached hydrogens (tertiary/aromatic N) is 4. The number of rotatable bonds is 3. The highest BCUT2D eigenvalue weighted by Gasteiger charge is 2.22. The van der Waals surface area contributed by atoms with Crippen molar-refractivity contribution in [1.29, 1.82) is 5.26 Å². The van der Waals surface area contributed by atoms with Crippen LogP contribution in [-0.2, 0) is 0 Å². The molecule has 0 unspecified atom stereocenters. The van der Waals surface area contributed by atoms with E-state index in [2.05, 4.69) is 15.3 Å². The molecule has 1 aromatic heterocycles. The molecule has 0 bridgehead atoms. The molecule has 9 heteroatoms. The fraction of sp³-hybridized carbons (Fsp3) is 0.0833. The first-order valence-electron chi connectivity index (χ1n) is 5.68. The Hall–Kier alpha value is -3.28. The normalized spacial score (nSPS) is 9.95. The first kappa shape index (κ1) is 14.1. The summed E-state index contributed by atoms with van der Waals surface area (Å²) in [5.74, 6) is -1.12. The summed E-state index contributed by atoms with van der Waals surface area (Å²) in [6.45, 7) is 1.40. The Kier molecular flexibility index (Phi) is 3.62. The van der Waals surface area contributed by atoms with Gasteiger partial charge in [-0.15, -0.1) is 0 Å². The second kappa shape index (κ2) is 5.38. The third-order valence-electron chi connectivity index (χ3n) is 2.64. The summed E-state index contributed by atoms with van der Waals surface area (Å²) in [5, 5.41) is 22.6. The lowest BCUT2D eigenvalue weighted by Crippen LogP contribution is -2.07. The van der Waals surface area contributed by atoms with E-state index in [1.807, 2.05) is 0 Å². The van der Waals surface area contributed by atoms with E-state index in [0.29, 0.717) is 0 Å². The van der Waals surface area contributed by atoms with Crippen molar-refractivity contribution in [2.75, 3.05) is 11.1 Å². The molecular weight excluding hydrogens is 279 g/mol. The minimum Gasteiger partial charge on any atom is -0.368 e. The van der Waals surface area contributed by atoms with E-state index in [-0.39, 0.29) is 28.7 Å². The van der Waals surface area contributed by atoms with Crippen LogP contribution in [0.25, 0.3) is 0 Å². The molecule has 3 N–H and O–H groups in total. The Morgan fingerprint density at radius 2 is 2.19 bits per heavy atom. The number of benzene rings is 1. The van der Waals surface area contributed by atoms with Gasteiger partial charge in [0.05, 0.1) is 10.6 Å². The van der Waals surface area contributed by atoms with Crippen LogP contribution in [0.4, 0.5) is 27.5 Å². The van der Waals surface area contributed by atoms with Crippen LogP contribution in [0.15, 0.2) is 18.2 Å². The topological polar surface area (TPSA) is 131 Å². The van der Waals surface area contributed by atoms with Crippen molar-refractivity contribution in [1.82, 2.24) is 9.97 Å². The number of aryl methyl sites for hydroxylation is 1. The van der Waals surface area contributed by atoms with Crippen LogP contribution in [0.3, 0.4) is 0 Å². The van der Waals surface area contributed by atoms with Crippen LogP contribution in [-0.4, -0.2) is 14.9 Å². The summed E-state index contributed by atoms with van der Waals surface area (Å²) in [5.41, 5.74) is 4.90. The fourth-order valence-corrected chi connectivity index (χ4v) is 1.76. The fourth-order valence-electron chi connectivity index (χ4n) is 1.76. The van der Waals surface area contributed by atoms with Gasteiger partial charge in [-0.25, -0.2) is 9.37 Å². The minimum absolute atomic E-state index is 0.0538. The number of nitrogens with two attached hydrogens (primary N) is 1. The second-order valence-corrected chi connectivity index (χ2v) is 4.02. The van der Waals surface area contributed by atoms with E-state index in [4.69, 9.17) is 11.0 Å². The third kappa shape index (κ3) is 2.69. The Bertz CT molecular complexity index is 771. The zero-order chi connectivity index (χ0) is 15.6. The van der Waals surface area contributed by atoms with Gasteiger partial charge in [0.1, 0.15) is 23.1 Å². The summed E-state index contributed by atoms with van der Waals surface area (Å²) < 4.78 is 13.5. The molecule has 0 aliphatic rings. The maximum absolute atomic E-state index is 13.5. The molecule has 0 atom stereocenters. The summed E-state index contributed by atoms with van der Waals surface area (Å²) >= 11 is 0. The van der Waals surface area contributed by atoms with Crippen LogP contribution in [0.5, 0.6) is 0 Å². The van der Waals surface area contributed by atoms with Crippen molar-refractivity contribution in [2.24, 2.45) is 0 Å². The molecule has 0 saturated carbocycles. The van der Waals surface area contributed by atoms with E-state index in [1.54, 1.807) is 6.07 Å². The van der Waals surface area contributed by atoms with Gasteiger partial charge in [-0.2, -0.15) is 10.2 Å². The standard InChI is InChI=1S/C12H9FN6O2/c1-6-10(19(20)21)11(18-12(15)16-6)17-9-4-2-3-8(13)7(9)5-14/h2-4H,1H3,(H3,15,16,17,18). The lowest BCUT2D eigenvalue weighted by molar-refractivity contribution is -0.385. The number of nitro groups is 1. The maximum atomic E-state index is 13.5. The van der Waals surface area contributed by atoms with E-state index in [9.17, 15) is 14.5 Å². The molecule has 0 fully saturated rings. The van der Waals surface area contributed by atoms with Gasteiger partial charge in [0, 0.05) is 0 Å². The highest BCUT2D eigenvalue weighted by Crippen LogP contribution is 2.30. The van der Waals surface area contributed by atoms with Gasteiger partial charge in [-0.05, 0) is 19.1 Å². The van der Waals surface area contributed by atoms with Crippen LogP contribution in [0.1, 0.15) is 11.3 Å². The Morgan fingerprint density at radius 1 is 1.48 bits per heavy atom. The Morgan fingerprint density at radius 3 is 2.81 bits per heavy atom. The average molecular weight is 288 g/mol. The molecule has 2 aromatic rings. The molecule has 0 saturated heterocycles. The van der Waals surface area contributed by atoms with Gasteiger partial charge in [0.25, 0.3) is 0 Å². The SMILES string of the molecule is Cc1nc(N)nc(Nc2cccc(F)c2C#N)c1[N+](=O)[O-]. The first-order chi connectivity index (χ1) is 9.93. The molecule has 1 heterocycles. The van der Waals surface area contributed by atoms with E-state index < -0.39 is 16.4 Å². The molecule has 2 rings (SSSR count). The lowest BCUT2D eigenvalue weighted by Gasteiger charge is -2.09. The number of nitrogens with one attached hydrogen (secondary N) is 1. The first-order valence-corrected chi connectivity index (χ1v) is 5.68. The largest absolute Gasteiger partial charge is 0.368 e. The Balaban J connectivity index is 2.58. The number of nitriles is 1. The lowest BCUT2D eigenvalue weighted by atomic mass is 10.2. The van der Waals surface area contributed by atoms with Gasteiger partial charge in [-0.1, -0.05) is 6.07 Å². The molecule has 8 nitrogen and oxygen atoms in total. The summed E-state index contributed by atoms with van der Waals surface area (Å²) in [4.78, 5) is 17.8. The van der Waals surface area contributed by atoms with Crippen molar-refractivity contribution in [3.8, 4) is 6.07 Å². The summed E-state index contributed by atoms with van der Waals surface area (Å²) in [7, 11) is 0. The van der Waals surface area contributed by atoms with Gasteiger partial charge < -0.3 is 11.1 Å². The number of aromatic nitrogens is 2. The van der Waals surface area contributed by atoms with Crippen LogP contribution in [0.2, 0.25) is 0 Å². The average Bonchev–Trinajstić information content (AvgIpc) is 2.37. The molecular formula is C12H9FN6O2. The molecule has 106 valence electrons. The quantitative estimate of drug-likeness (QED) is 0.652. The highest BCUT2D eigenvalue weighted by atomic mass is 19.1. The smallest absolute Gasteiger partial charge is 0.332 e.